The lowest BCUT2D eigenvalue weighted by Gasteiger charge is -2.12. The molecule has 0 aliphatic heterocycles. The van der Waals surface area contributed by atoms with Crippen LogP contribution in [0.15, 0.2) is 53.7 Å². The van der Waals surface area contributed by atoms with Gasteiger partial charge in [0.25, 0.3) is 0 Å². The number of nitrogens with zero attached hydrogens (tertiary/aromatic N) is 2. The van der Waals surface area contributed by atoms with Crippen LogP contribution >= 0.6 is 24.0 Å². The fraction of sp³-hybridized carbons (Fsp3) is 0.250. The highest BCUT2D eigenvalue weighted by atomic mass is 127. The molecule has 7 heteroatoms. The summed E-state index contributed by atoms with van der Waals surface area (Å²) in [4.78, 5) is 8.34. The maximum atomic E-state index is 13.0. The molecular formula is C16H20FIN4O. The average Bonchev–Trinajstić information content (AvgIpc) is 2.55. The van der Waals surface area contributed by atoms with Crippen LogP contribution in [0.2, 0.25) is 0 Å². The molecule has 0 amide bonds. The van der Waals surface area contributed by atoms with Gasteiger partial charge in [-0.2, -0.15) is 0 Å². The number of benzene rings is 1. The quantitative estimate of drug-likeness (QED) is 0.320. The standard InChI is InChI=1S/C16H19FN4O.HI/c1-18-16(21-12-14-6-2-3-8-19-14)20-9-10-22-15-7-4-5-13(17)11-15;/h2-8,11H,9-10,12H2,1H3,(H2,18,20,21);1H. The van der Waals surface area contributed by atoms with E-state index in [0.717, 1.165) is 5.69 Å². The molecule has 1 aromatic heterocycles. The molecule has 0 atom stereocenters. The van der Waals surface area contributed by atoms with E-state index in [1.54, 1.807) is 25.4 Å². The molecule has 0 unspecified atom stereocenters. The molecule has 0 saturated heterocycles. The SMILES string of the molecule is CN=C(NCCOc1cccc(F)c1)NCc1ccccn1.I. The van der Waals surface area contributed by atoms with Gasteiger partial charge in [0.1, 0.15) is 18.2 Å². The summed E-state index contributed by atoms with van der Waals surface area (Å²) in [6, 6.07) is 11.8. The Morgan fingerprint density at radius 3 is 2.78 bits per heavy atom. The van der Waals surface area contributed by atoms with Crippen LogP contribution in [-0.4, -0.2) is 31.1 Å². The van der Waals surface area contributed by atoms with Crippen LogP contribution in [0.3, 0.4) is 0 Å². The molecule has 2 N–H and O–H groups in total. The van der Waals surface area contributed by atoms with Gasteiger partial charge in [-0.25, -0.2) is 4.39 Å². The lowest BCUT2D eigenvalue weighted by atomic mass is 10.3. The normalized spacial score (nSPS) is 10.6. The van der Waals surface area contributed by atoms with Gasteiger partial charge in [0, 0.05) is 19.3 Å². The summed E-state index contributed by atoms with van der Waals surface area (Å²) in [7, 11) is 1.70. The van der Waals surface area contributed by atoms with Crippen molar-refractivity contribution >= 4 is 29.9 Å². The molecule has 0 fully saturated rings. The van der Waals surface area contributed by atoms with Crippen molar-refractivity contribution in [1.29, 1.82) is 0 Å². The fourth-order valence-corrected chi connectivity index (χ4v) is 1.79. The molecule has 0 spiro atoms. The van der Waals surface area contributed by atoms with E-state index in [9.17, 15) is 4.39 Å². The fourth-order valence-electron chi connectivity index (χ4n) is 1.79. The van der Waals surface area contributed by atoms with E-state index in [4.69, 9.17) is 4.74 Å². The summed E-state index contributed by atoms with van der Waals surface area (Å²) >= 11 is 0. The highest BCUT2D eigenvalue weighted by Gasteiger charge is 1.99. The second-order valence-corrected chi connectivity index (χ2v) is 4.48. The molecule has 2 aromatic rings. The molecule has 0 saturated carbocycles. The smallest absolute Gasteiger partial charge is 0.191 e. The van der Waals surface area contributed by atoms with E-state index in [-0.39, 0.29) is 29.8 Å². The summed E-state index contributed by atoms with van der Waals surface area (Å²) in [5.41, 5.74) is 0.932. The first-order chi connectivity index (χ1) is 10.8. The molecule has 1 aromatic carbocycles. The monoisotopic (exact) mass is 430 g/mol. The number of halogens is 2. The van der Waals surface area contributed by atoms with Crippen LogP contribution in [0.4, 0.5) is 4.39 Å². The molecule has 2 rings (SSSR count). The Morgan fingerprint density at radius 2 is 2.09 bits per heavy atom. The molecular weight excluding hydrogens is 410 g/mol. The summed E-state index contributed by atoms with van der Waals surface area (Å²) < 4.78 is 18.4. The topological polar surface area (TPSA) is 58.5 Å². The Bertz CT molecular complexity index is 610. The van der Waals surface area contributed by atoms with E-state index < -0.39 is 0 Å². The number of ether oxygens (including phenoxy) is 1. The predicted octanol–water partition coefficient (Wildman–Crippen LogP) is 2.58. The summed E-state index contributed by atoms with van der Waals surface area (Å²) in [6.07, 6.45) is 1.75. The molecule has 124 valence electrons. The van der Waals surface area contributed by atoms with Gasteiger partial charge in [-0.05, 0) is 24.3 Å². The number of hydrogen-bond donors (Lipinski definition) is 2. The predicted molar refractivity (Wildman–Crippen MR) is 99.7 cm³/mol. The second-order valence-electron chi connectivity index (χ2n) is 4.48. The summed E-state index contributed by atoms with van der Waals surface area (Å²) in [5, 5.41) is 6.27. The Balaban J connectivity index is 0.00000264. The molecule has 0 aliphatic rings. The summed E-state index contributed by atoms with van der Waals surface area (Å²) in [5.74, 6) is 0.866. The van der Waals surface area contributed by atoms with Gasteiger partial charge in [0.2, 0.25) is 0 Å². The first-order valence-electron chi connectivity index (χ1n) is 7.01. The number of pyridine rings is 1. The minimum Gasteiger partial charge on any atom is -0.492 e. The minimum atomic E-state index is -0.307. The first-order valence-corrected chi connectivity index (χ1v) is 7.01. The van der Waals surface area contributed by atoms with Crippen molar-refractivity contribution in [2.45, 2.75) is 6.54 Å². The zero-order chi connectivity index (χ0) is 15.6. The molecule has 0 aliphatic carbocycles. The van der Waals surface area contributed by atoms with E-state index in [2.05, 4.69) is 20.6 Å². The van der Waals surface area contributed by atoms with Crippen LogP contribution < -0.4 is 15.4 Å². The van der Waals surface area contributed by atoms with E-state index in [0.29, 0.717) is 31.4 Å². The van der Waals surface area contributed by atoms with Gasteiger partial charge in [0.15, 0.2) is 5.96 Å². The Labute approximate surface area is 152 Å². The average molecular weight is 430 g/mol. The van der Waals surface area contributed by atoms with Gasteiger partial charge in [-0.1, -0.05) is 12.1 Å². The van der Waals surface area contributed by atoms with E-state index in [1.165, 1.54) is 12.1 Å². The van der Waals surface area contributed by atoms with E-state index >= 15 is 0 Å². The van der Waals surface area contributed by atoms with Gasteiger partial charge >= 0.3 is 0 Å². The molecule has 0 bridgehead atoms. The second kappa shape index (κ2) is 10.8. The maximum absolute atomic E-state index is 13.0. The zero-order valence-electron chi connectivity index (χ0n) is 12.8. The van der Waals surface area contributed by atoms with Crippen LogP contribution in [0, 0.1) is 5.82 Å². The van der Waals surface area contributed by atoms with Gasteiger partial charge < -0.3 is 15.4 Å². The van der Waals surface area contributed by atoms with Crippen molar-refractivity contribution in [3.8, 4) is 5.75 Å². The molecule has 23 heavy (non-hydrogen) atoms. The lowest BCUT2D eigenvalue weighted by molar-refractivity contribution is 0.320. The summed E-state index contributed by atoms with van der Waals surface area (Å²) in [6.45, 7) is 1.55. The number of guanidine groups is 1. The van der Waals surface area contributed by atoms with Crippen molar-refractivity contribution in [2.75, 3.05) is 20.2 Å². The highest BCUT2D eigenvalue weighted by molar-refractivity contribution is 14.0. The van der Waals surface area contributed by atoms with Crippen molar-refractivity contribution < 1.29 is 9.13 Å². The van der Waals surface area contributed by atoms with Crippen LogP contribution in [0.25, 0.3) is 0 Å². The van der Waals surface area contributed by atoms with Crippen LogP contribution in [-0.2, 0) is 6.54 Å². The third-order valence-corrected chi connectivity index (χ3v) is 2.85. The largest absolute Gasteiger partial charge is 0.492 e. The molecule has 0 radical (unpaired) electrons. The van der Waals surface area contributed by atoms with E-state index in [1.807, 2.05) is 18.2 Å². The van der Waals surface area contributed by atoms with Gasteiger partial charge in [-0.15, -0.1) is 24.0 Å². The van der Waals surface area contributed by atoms with Crippen LogP contribution in [0.5, 0.6) is 5.75 Å². The number of aliphatic imine (C=N–C) groups is 1. The van der Waals surface area contributed by atoms with Gasteiger partial charge in [-0.3, -0.25) is 9.98 Å². The van der Waals surface area contributed by atoms with Crippen molar-refractivity contribution in [3.63, 3.8) is 0 Å². The Morgan fingerprint density at radius 1 is 1.22 bits per heavy atom. The first kappa shape index (κ1) is 19.1. The molecule has 5 nitrogen and oxygen atoms in total. The van der Waals surface area contributed by atoms with Crippen molar-refractivity contribution in [3.05, 3.63) is 60.2 Å². The lowest BCUT2D eigenvalue weighted by Crippen LogP contribution is -2.39. The molecule has 1 heterocycles. The third-order valence-electron chi connectivity index (χ3n) is 2.85. The zero-order valence-corrected chi connectivity index (χ0v) is 15.2. The van der Waals surface area contributed by atoms with Crippen molar-refractivity contribution in [2.24, 2.45) is 4.99 Å². The Hall–Kier alpha value is -1.90. The van der Waals surface area contributed by atoms with Crippen LogP contribution in [0.1, 0.15) is 5.69 Å². The number of rotatable bonds is 6. The Kier molecular flexibility index (Phi) is 8.96. The maximum Gasteiger partial charge on any atom is 0.191 e. The van der Waals surface area contributed by atoms with Crippen molar-refractivity contribution in [1.82, 2.24) is 15.6 Å². The minimum absolute atomic E-state index is 0. The van der Waals surface area contributed by atoms with Gasteiger partial charge in [0.05, 0.1) is 18.8 Å². The third kappa shape index (κ3) is 7.27. The number of hydrogen-bond acceptors (Lipinski definition) is 3. The highest BCUT2D eigenvalue weighted by Crippen LogP contribution is 2.11. The number of aromatic nitrogens is 1. The number of nitrogens with one attached hydrogen (secondary N) is 2.